The van der Waals surface area contributed by atoms with Crippen molar-refractivity contribution in [2.45, 2.75) is 6.61 Å². The smallest absolute Gasteiger partial charge is 0.134 e. The summed E-state index contributed by atoms with van der Waals surface area (Å²) in [6.07, 6.45) is 1.49. The largest absolute Gasteiger partial charge is 0.464 e. The number of halogens is 1. The van der Waals surface area contributed by atoms with Crippen LogP contribution in [0.15, 0.2) is 28.9 Å². The molecular formula is C9H7FO2. The second-order valence-corrected chi connectivity index (χ2v) is 2.56. The minimum Gasteiger partial charge on any atom is -0.464 e. The highest BCUT2D eigenvalue weighted by molar-refractivity contribution is 5.77. The van der Waals surface area contributed by atoms with Crippen molar-refractivity contribution in [3.63, 3.8) is 0 Å². The summed E-state index contributed by atoms with van der Waals surface area (Å²) < 4.78 is 18.0. The normalized spacial score (nSPS) is 10.8. The lowest BCUT2D eigenvalue weighted by Crippen LogP contribution is -1.87. The van der Waals surface area contributed by atoms with Crippen molar-refractivity contribution >= 4 is 11.0 Å². The summed E-state index contributed by atoms with van der Waals surface area (Å²) in [5.41, 5.74) is 0.859. The van der Waals surface area contributed by atoms with Gasteiger partial charge in [-0.2, -0.15) is 0 Å². The zero-order valence-corrected chi connectivity index (χ0v) is 6.25. The maximum atomic E-state index is 13.0. The Hall–Kier alpha value is -1.35. The third-order valence-electron chi connectivity index (χ3n) is 1.79. The number of rotatable bonds is 1. The molecule has 0 unspecified atom stereocenters. The van der Waals surface area contributed by atoms with Crippen LogP contribution in [0, 0.1) is 5.82 Å². The maximum absolute atomic E-state index is 13.0. The summed E-state index contributed by atoms with van der Waals surface area (Å²) in [5.74, 6) is -0.397. The number of benzene rings is 1. The van der Waals surface area contributed by atoms with Crippen LogP contribution < -0.4 is 0 Å². The Kier molecular flexibility index (Phi) is 1.59. The van der Waals surface area contributed by atoms with Gasteiger partial charge in [0.2, 0.25) is 0 Å². The standard InChI is InChI=1S/C9H7FO2/c10-8-3-6-1-2-12-9(6)4-7(8)5-11/h1-4,11H,5H2. The molecule has 0 saturated heterocycles. The predicted octanol–water partition coefficient (Wildman–Crippen LogP) is 2.06. The first-order chi connectivity index (χ1) is 5.81. The minimum absolute atomic E-state index is 0.262. The van der Waals surface area contributed by atoms with Crippen molar-refractivity contribution in [3.8, 4) is 0 Å². The lowest BCUT2D eigenvalue weighted by Gasteiger charge is -1.97. The summed E-state index contributed by atoms with van der Waals surface area (Å²) in [7, 11) is 0. The van der Waals surface area contributed by atoms with E-state index in [0.717, 1.165) is 0 Å². The summed E-state index contributed by atoms with van der Waals surface area (Å²) in [5, 5.41) is 9.45. The highest BCUT2D eigenvalue weighted by atomic mass is 19.1. The SMILES string of the molecule is OCc1cc2occc2cc1F. The van der Waals surface area contributed by atoms with Gasteiger partial charge in [0.15, 0.2) is 0 Å². The van der Waals surface area contributed by atoms with E-state index in [1.165, 1.54) is 18.4 Å². The molecule has 1 heterocycles. The molecule has 1 aromatic carbocycles. The van der Waals surface area contributed by atoms with Crippen LogP contribution in [-0.4, -0.2) is 5.11 Å². The summed E-state index contributed by atoms with van der Waals surface area (Å²) in [4.78, 5) is 0. The molecule has 0 spiro atoms. The van der Waals surface area contributed by atoms with Gasteiger partial charge in [-0.1, -0.05) is 0 Å². The molecule has 0 aliphatic carbocycles. The molecule has 0 aliphatic rings. The Morgan fingerprint density at radius 3 is 3.00 bits per heavy atom. The number of hydrogen-bond donors (Lipinski definition) is 1. The fourth-order valence-corrected chi connectivity index (χ4v) is 1.14. The van der Waals surface area contributed by atoms with Crippen molar-refractivity contribution in [1.82, 2.24) is 0 Å². The molecule has 62 valence electrons. The first-order valence-electron chi connectivity index (χ1n) is 3.58. The highest BCUT2D eigenvalue weighted by Gasteiger charge is 2.04. The van der Waals surface area contributed by atoms with E-state index < -0.39 is 5.82 Å². The average Bonchev–Trinajstić information content (AvgIpc) is 2.49. The Labute approximate surface area is 68.2 Å². The van der Waals surface area contributed by atoms with Crippen molar-refractivity contribution in [2.24, 2.45) is 0 Å². The van der Waals surface area contributed by atoms with E-state index in [-0.39, 0.29) is 12.2 Å². The third kappa shape index (κ3) is 0.987. The maximum Gasteiger partial charge on any atom is 0.134 e. The molecule has 3 heteroatoms. The zero-order chi connectivity index (χ0) is 8.55. The number of fused-ring (bicyclic) bond motifs is 1. The van der Waals surface area contributed by atoms with Gasteiger partial charge >= 0.3 is 0 Å². The molecule has 0 bridgehead atoms. The molecule has 0 radical (unpaired) electrons. The van der Waals surface area contributed by atoms with Crippen LogP contribution >= 0.6 is 0 Å². The molecule has 12 heavy (non-hydrogen) atoms. The van der Waals surface area contributed by atoms with Gasteiger partial charge in [0, 0.05) is 10.9 Å². The van der Waals surface area contributed by atoms with Crippen molar-refractivity contribution in [1.29, 1.82) is 0 Å². The van der Waals surface area contributed by atoms with Crippen LogP contribution in [-0.2, 0) is 6.61 Å². The molecule has 0 atom stereocenters. The topological polar surface area (TPSA) is 33.4 Å². The summed E-state index contributed by atoms with van der Waals surface area (Å²) >= 11 is 0. The van der Waals surface area contributed by atoms with Crippen LogP contribution in [0.2, 0.25) is 0 Å². The second-order valence-electron chi connectivity index (χ2n) is 2.56. The second kappa shape index (κ2) is 2.60. The molecule has 2 nitrogen and oxygen atoms in total. The lowest BCUT2D eigenvalue weighted by molar-refractivity contribution is 0.276. The Balaban J connectivity index is 2.73. The van der Waals surface area contributed by atoms with Crippen LogP contribution in [0.5, 0.6) is 0 Å². The molecule has 1 aromatic heterocycles. The Morgan fingerprint density at radius 2 is 2.25 bits per heavy atom. The number of aliphatic hydroxyl groups excluding tert-OH is 1. The highest BCUT2D eigenvalue weighted by Crippen LogP contribution is 2.19. The zero-order valence-electron chi connectivity index (χ0n) is 6.25. The van der Waals surface area contributed by atoms with Crippen LogP contribution in [0.1, 0.15) is 5.56 Å². The molecule has 0 saturated carbocycles. The number of furan rings is 1. The molecule has 1 N–H and O–H groups in total. The van der Waals surface area contributed by atoms with Gasteiger partial charge in [0.05, 0.1) is 12.9 Å². The van der Waals surface area contributed by atoms with Crippen LogP contribution in [0.3, 0.4) is 0 Å². The van der Waals surface area contributed by atoms with Crippen LogP contribution in [0.25, 0.3) is 11.0 Å². The van der Waals surface area contributed by atoms with E-state index >= 15 is 0 Å². The average molecular weight is 166 g/mol. The molecule has 2 rings (SSSR count). The first-order valence-corrected chi connectivity index (χ1v) is 3.58. The lowest BCUT2D eigenvalue weighted by atomic mass is 10.2. The molecule has 2 aromatic rings. The Morgan fingerprint density at radius 1 is 1.42 bits per heavy atom. The molecule has 0 amide bonds. The fraction of sp³-hybridized carbons (Fsp3) is 0.111. The number of hydrogen-bond acceptors (Lipinski definition) is 2. The predicted molar refractivity (Wildman–Crippen MR) is 42.1 cm³/mol. The van der Waals surface area contributed by atoms with Gasteiger partial charge in [-0.05, 0) is 18.2 Å². The van der Waals surface area contributed by atoms with Gasteiger partial charge in [-0.3, -0.25) is 0 Å². The van der Waals surface area contributed by atoms with Gasteiger partial charge in [0.1, 0.15) is 11.4 Å². The molecule has 0 aliphatic heterocycles. The Bertz CT molecular complexity index is 406. The summed E-state index contributed by atoms with van der Waals surface area (Å²) in [6, 6.07) is 4.54. The van der Waals surface area contributed by atoms with E-state index in [9.17, 15) is 4.39 Å². The van der Waals surface area contributed by atoms with E-state index in [1.54, 1.807) is 6.07 Å². The molecular weight excluding hydrogens is 159 g/mol. The van der Waals surface area contributed by atoms with Crippen molar-refractivity contribution in [2.75, 3.05) is 0 Å². The molecule has 0 fully saturated rings. The monoisotopic (exact) mass is 166 g/mol. The fourth-order valence-electron chi connectivity index (χ4n) is 1.14. The van der Waals surface area contributed by atoms with E-state index in [1.807, 2.05) is 0 Å². The van der Waals surface area contributed by atoms with Gasteiger partial charge < -0.3 is 9.52 Å². The van der Waals surface area contributed by atoms with Crippen molar-refractivity contribution in [3.05, 3.63) is 35.8 Å². The minimum atomic E-state index is -0.397. The van der Waals surface area contributed by atoms with E-state index in [2.05, 4.69) is 0 Å². The number of aliphatic hydroxyl groups is 1. The quantitative estimate of drug-likeness (QED) is 0.703. The van der Waals surface area contributed by atoms with Crippen LogP contribution in [0.4, 0.5) is 4.39 Å². The van der Waals surface area contributed by atoms with Gasteiger partial charge in [0.25, 0.3) is 0 Å². The summed E-state index contributed by atoms with van der Waals surface area (Å²) in [6.45, 7) is -0.303. The van der Waals surface area contributed by atoms with E-state index in [4.69, 9.17) is 9.52 Å². The van der Waals surface area contributed by atoms with E-state index in [0.29, 0.717) is 11.0 Å². The van der Waals surface area contributed by atoms with Gasteiger partial charge in [-0.25, -0.2) is 4.39 Å². The third-order valence-corrected chi connectivity index (χ3v) is 1.79. The first kappa shape index (κ1) is 7.31. The van der Waals surface area contributed by atoms with Crippen molar-refractivity contribution < 1.29 is 13.9 Å². The van der Waals surface area contributed by atoms with Gasteiger partial charge in [-0.15, -0.1) is 0 Å².